The van der Waals surface area contributed by atoms with Gasteiger partial charge in [-0.2, -0.15) is 0 Å². The molecule has 0 radical (unpaired) electrons. The number of aromatic nitrogens is 1. The molecule has 6 heteroatoms. The number of thiazole rings is 1. The highest BCUT2D eigenvalue weighted by Gasteiger charge is 2.32. The van der Waals surface area contributed by atoms with Crippen LogP contribution in [0.15, 0.2) is 5.38 Å². The fourth-order valence-electron chi connectivity index (χ4n) is 2.45. The Morgan fingerprint density at radius 1 is 1.43 bits per heavy atom. The van der Waals surface area contributed by atoms with Crippen molar-refractivity contribution in [2.24, 2.45) is 0 Å². The van der Waals surface area contributed by atoms with Crippen molar-refractivity contribution in [2.45, 2.75) is 38.6 Å². The van der Waals surface area contributed by atoms with E-state index in [9.17, 15) is 4.79 Å². The molecule has 2 rings (SSSR count). The lowest BCUT2D eigenvalue weighted by Crippen LogP contribution is -2.37. The van der Waals surface area contributed by atoms with E-state index in [4.69, 9.17) is 9.72 Å². The summed E-state index contributed by atoms with van der Waals surface area (Å²) in [6, 6.07) is -0.387. The average molecular weight is 311 g/mol. The zero-order chi connectivity index (χ0) is 15.5. The SMILES string of the molecule is COC(=O)C(c1csc(C(C)(C)C)n1)N1CCCNCC1. The summed E-state index contributed by atoms with van der Waals surface area (Å²) in [4.78, 5) is 19.1. The van der Waals surface area contributed by atoms with Crippen molar-refractivity contribution in [1.29, 1.82) is 0 Å². The Bertz CT molecular complexity index is 474. The van der Waals surface area contributed by atoms with Crippen LogP contribution in [0.5, 0.6) is 0 Å². The molecule has 1 saturated heterocycles. The molecule has 1 N–H and O–H groups in total. The molecular formula is C15H25N3O2S. The standard InChI is InChI=1S/C15H25N3O2S/c1-15(2,3)14-17-11(10-21-14)12(13(19)20-4)18-8-5-6-16-7-9-18/h10,12,16H,5-9H2,1-4H3. The van der Waals surface area contributed by atoms with Crippen LogP contribution >= 0.6 is 11.3 Å². The number of ether oxygens (including phenoxy) is 1. The van der Waals surface area contributed by atoms with E-state index in [0.29, 0.717) is 0 Å². The van der Waals surface area contributed by atoms with Gasteiger partial charge in [-0.25, -0.2) is 9.78 Å². The maximum absolute atomic E-state index is 12.3. The third-order valence-corrected chi connectivity index (χ3v) is 4.89. The van der Waals surface area contributed by atoms with Crippen LogP contribution in [-0.2, 0) is 14.9 Å². The number of carbonyl (C=O) groups is 1. The molecule has 1 atom stereocenters. The molecular weight excluding hydrogens is 286 g/mol. The predicted octanol–water partition coefficient (Wildman–Crippen LogP) is 1.95. The van der Waals surface area contributed by atoms with E-state index >= 15 is 0 Å². The molecule has 118 valence electrons. The number of hydrogen-bond donors (Lipinski definition) is 1. The summed E-state index contributed by atoms with van der Waals surface area (Å²) < 4.78 is 5.02. The van der Waals surface area contributed by atoms with E-state index in [1.54, 1.807) is 11.3 Å². The third kappa shape index (κ3) is 4.02. The van der Waals surface area contributed by atoms with E-state index in [-0.39, 0.29) is 17.4 Å². The van der Waals surface area contributed by atoms with Crippen molar-refractivity contribution in [1.82, 2.24) is 15.2 Å². The first kappa shape index (κ1) is 16.4. The molecule has 0 spiro atoms. The summed E-state index contributed by atoms with van der Waals surface area (Å²) in [5, 5.41) is 6.41. The van der Waals surface area contributed by atoms with Crippen molar-refractivity contribution < 1.29 is 9.53 Å². The molecule has 0 saturated carbocycles. The van der Waals surface area contributed by atoms with Gasteiger partial charge >= 0.3 is 5.97 Å². The molecule has 0 amide bonds. The van der Waals surface area contributed by atoms with Crippen LogP contribution < -0.4 is 5.32 Å². The quantitative estimate of drug-likeness (QED) is 0.865. The van der Waals surface area contributed by atoms with Gasteiger partial charge in [0.25, 0.3) is 0 Å². The van der Waals surface area contributed by atoms with Gasteiger partial charge in [-0.3, -0.25) is 4.90 Å². The van der Waals surface area contributed by atoms with Gasteiger partial charge in [0.2, 0.25) is 0 Å². The number of nitrogens with one attached hydrogen (secondary N) is 1. The second kappa shape index (κ2) is 6.85. The van der Waals surface area contributed by atoms with Gasteiger partial charge in [-0.05, 0) is 13.0 Å². The number of methoxy groups -OCH3 is 1. The fraction of sp³-hybridized carbons (Fsp3) is 0.733. The van der Waals surface area contributed by atoms with E-state index in [0.717, 1.165) is 43.3 Å². The maximum Gasteiger partial charge on any atom is 0.329 e. The Hall–Kier alpha value is -0.980. The van der Waals surface area contributed by atoms with Crippen molar-refractivity contribution in [2.75, 3.05) is 33.3 Å². The molecule has 1 aliphatic heterocycles. The number of rotatable bonds is 3. The summed E-state index contributed by atoms with van der Waals surface area (Å²) >= 11 is 1.62. The molecule has 21 heavy (non-hydrogen) atoms. The molecule has 2 heterocycles. The summed E-state index contributed by atoms with van der Waals surface area (Å²) in [5.41, 5.74) is 0.822. The summed E-state index contributed by atoms with van der Waals surface area (Å²) in [5.74, 6) is -0.220. The van der Waals surface area contributed by atoms with Crippen LogP contribution in [0.25, 0.3) is 0 Å². The minimum Gasteiger partial charge on any atom is -0.468 e. The lowest BCUT2D eigenvalue weighted by Gasteiger charge is -2.27. The largest absolute Gasteiger partial charge is 0.468 e. The van der Waals surface area contributed by atoms with Crippen molar-refractivity contribution in [3.05, 3.63) is 16.1 Å². The molecule has 0 aliphatic carbocycles. The van der Waals surface area contributed by atoms with Gasteiger partial charge in [-0.15, -0.1) is 11.3 Å². The number of carbonyl (C=O) groups excluding carboxylic acids is 1. The lowest BCUT2D eigenvalue weighted by atomic mass is 9.98. The number of nitrogens with zero attached hydrogens (tertiary/aromatic N) is 2. The molecule has 1 aromatic rings. The topological polar surface area (TPSA) is 54.5 Å². The second-order valence-electron chi connectivity index (χ2n) is 6.39. The molecule has 5 nitrogen and oxygen atoms in total. The second-order valence-corrected chi connectivity index (χ2v) is 7.25. The van der Waals surface area contributed by atoms with Crippen LogP contribution in [0.4, 0.5) is 0 Å². The predicted molar refractivity (Wildman–Crippen MR) is 84.6 cm³/mol. The van der Waals surface area contributed by atoms with Gasteiger partial charge in [0.15, 0.2) is 6.04 Å². The third-order valence-electron chi connectivity index (χ3n) is 3.61. The smallest absolute Gasteiger partial charge is 0.329 e. The van der Waals surface area contributed by atoms with Crippen LogP contribution in [0.3, 0.4) is 0 Å². The number of esters is 1. The van der Waals surface area contributed by atoms with E-state index in [1.165, 1.54) is 7.11 Å². The molecule has 0 aromatic carbocycles. The Morgan fingerprint density at radius 2 is 2.19 bits per heavy atom. The van der Waals surface area contributed by atoms with Crippen LogP contribution in [0, 0.1) is 0 Å². The van der Waals surface area contributed by atoms with E-state index < -0.39 is 0 Å². The van der Waals surface area contributed by atoms with Crippen LogP contribution in [0.2, 0.25) is 0 Å². The normalized spacial score (nSPS) is 19.0. The summed E-state index contributed by atoms with van der Waals surface area (Å²) in [6.45, 7) is 10.0. The monoisotopic (exact) mass is 311 g/mol. The van der Waals surface area contributed by atoms with Gasteiger partial charge in [-0.1, -0.05) is 20.8 Å². The first-order valence-electron chi connectivity index (χ1n) is 7.42. The average Bonchev–Trinajstić information content (AvgIpc) is 2.76. The van der Waals surface area contributed by atoms with E-state index in [1.807, 2.05) is 5.38 Å². The molecule has 0 bridgehead atoms. The van der Waals surface area contributed by atoms with Crippen molar-refractivity contribution in [3.63, 3.8) is 0 Å². The number of hydrogen-bond acceptors (Lipinski definition) is 6. The maximum atomic E-state index is 12.3. The van der Waals surface area contributed by atoms with Crippen molar-refractivity contribution in [3.8, 4) is 0 Å². The zero-order valence-corrected chi connectivity index (χ0v) is 14.1. The highest BCUT2D eigenvalue weighted by atomic mass is 32.1. The molecule has 1 unspecified atom stereocenters. The molecule has 1 fully saturated rings. The minimum absolute atomic E-state index is 0.00390. The first-order valence-corrected chi connectivity index (χ1v) is 8.30. The Morgan fingerprint density at radius 3 is 2.81 bits per heavy atom. The highest BCUT2D eigenvalue weighted by molar-refractivity contribution is 7.09. The fourth-order valence-corrected chi connectivity index (χ4v) is 3.38. The van der Waals surface area contributed by atoms with Gasteiger partial charge in [0, 0.05) is 30.4 Å². The van der Waals surface area contributed by atoms with E-state index in [2.05, 4.69) is 31.0 Å². The summed E-state index contributed by atoms with van der Waals surface area (Å²) in [7, 11) is 1.45. The lowest BCUT2D eigenvalue weighted by molar-refractivity contribution is -0.147. The van der Waals surface area contributed by atoms with Crippen molar-refractivity contribution >= 4 is 17.3 Å². The van der Waals surface area contributed by atoms with Crippen LogP contribution in [-0.4, -0.2) is 49.1 Å². The Labute approximate surface area is 130 Å². The molecule has 1 aliphatic rings. The molecule has 1 aromatic heterocycles. The zero-order valence-electron chi connectivity index (χ0n) is 13.3. The first-order chi connectivity index (χ1) is 9.93. The summed E-state index contributed by atoms with van der Waals surface area (Å²) in [6.07, 6.45) is 1.03. The highest BCUT2D eigenvalue weighted by Crippen LogP contribution is 2.30. The van der Waals surface area contributed by atoms with Gasteiger partial charge in [0.1, 0.15) is 0 Å². The Kier molecular flexibility index (Phi) is 5.35. The van der Waals surface area contributed by atoms with Gasteiger partial charge in [0.05, 0.1) is 17.8 Å². The van der Waals surface area contributed by atoms with Crippen LogP contribution in [0.1, 0.15) is 43.9 Å². The van der Waals surface area contributed by atoms with Gasteiger partial charge < -0.3 is 10.1 Å². The minimum atomic E-state index is -0.387. The Balaban J connectivity index is 2.27.